The second-order valence-corrected chi connectivity index (χ2v) is 8.98. The minimum absolute atomic E-state index is 0.0246. The van der Waals surface area contributed by atoms with Gasteiger partial charge >= 0.3 is 5.97 Å². The van der Waals surface area contributed by atoms with Gasteiger partial charge in [-0.25, -0.2) is 4.79 Å². The molecule has 1 saturated heterocycles. The molecule has 1 aliphatic carbocycles. The highest BCUT2D eigenvalue weighted by atomic mass is 32.1. The summed E-state index contributed by atoms with van der Waals surface area (Å²) >= 11 is 1.62. The third-order valence-electron chi connectivity index (χ3n) is 5.85. The molecule has 0 bridgehead atoms. The van der Waals surface area contributed by atoms with Gasteiger partial charge in [0.15, 0.2) is 5.78 Å². The first-order chi connectivity index (χ1) is 14.0. The standard InChI is InChI=1S/C21H26N2O5S/c1-12-13(11-23-6-8-27-9-7-23)10-16(29-12)18-17-14(24)4-3-5-15(17)28-20(22)19(18)21(25)26-2/h10,18H,3-9,11,22H2,1-2H3/p+1/t18-/m0/s1. The van der Waals surface area contributed by atoms with Crippen LogP contribution in [0.2, 0.25) is 0 Å². The lowest BCUT2D eigenvalue weighted by Crippen LogP contribution is -3.12. The largest absolute Gasteiger partial charge is 0.465 e. The number of allylic oxidation sites excluding steroid dienone is 2. The molecule has 0 spiro atoms. The van der Waals surface area contributed by atoms with Gasteiger partial charge in [0.25, 0.3) is 0 Å². The Bertz CT molecular complexity index is 895. The summed E-state index contributed by atoms with van der Waals surface area (Å²) in [6, 6.07) is 2.13. The second-order valence-electron chi connectivity index (χ2n) is 7.69. The first kappa shape index (κ1) is 20.1. The number of carbonyl (C=O) groups is 2. The average molecular weight is 420 g/mol. The van der Waals surface area contributed by atoms with Crippen molar-refractivity contribution in [3.8, 4) is 0 Å². The zero-order valence-electron chi connectivity index (χ0n) is 16.8. The van der Waals surface area contributed by atoms with Gasteiger partial charge in [-0.3, -0.25) is 4.79 Å². The predicted molar refractivity (Wildman–Crippen MR) is 107 cm³/mol. The summed E-state index contributed by atoms with van der Waals surface area (Å²) in [6.45, 7) is 6.52. The molecule has 0 unspecified atom stereocenters. The van der Waals surface area contributed by atoms with Crippen molar-refractivity contribution in [2.24, 2.45) is 5.73 Å². The normalized spacial score (nSPS) is 23.1. The number of Topliss-reactive ketones (excluding diaryl/α,β-unsaturated/α-hetero) is 1. The van der Waals surface area contributed by atoms with Gasteiger partial charge in [0.05, 0.1) is 26.2 Å². The van der Waals surface area contributed by atoms with Gasteiger partial charge in [0.1, 0.15) is 31.0 Å². The number of ketones is 1. The summed E-state index contributed by atoms with van der Waals surface area (Å²) in [6.07, 6.45) is 1.85. The highest BCUT2D eigenvalue weighted by Gasteiger charge is 2.42. The van der Waals surface area contributed by atoms with Crippen molar-refractivity contribution in [1.82, 2.24) is 0 Å². The maximum absolute atomic E-state index is 12.8. The molecule has 0 aromatic carbocycles. The number of hydrogen-bond acceptors (Lipinski definition) is 7. The van der Waals surface area contributed by atoms with Crippen molar-refractivity contribution in [3.63, 3.8) is 0 Å². The van der Waals surface area contributed by atoms with Crippen LogP contribution in [-0.4, -0.2) is 45.2 Å². The molecule has 4 rings (SSSR count). The Morgan fingerprint density at radius 1 is 1.34 bits per heavy atom. The number of aryl methyl sites for hydroxylation is 1. The smallest absolute Gasteiger partial charge is 0.340 e. The van der Waals surface area contributed by atoms with Gasteiger partial charge in [0, 0.05) is 33.7 Å². The van der Waals surface area contributed by atoms with E-state index in [-0.39, 0.29) is 17.2 Å². The first-order valence-corrected chi connectivity index (χ1v) is 10.8. The Balaban J connectivity index is 1.73. The Morgan fingerprint density at radius 3 is 2.83 bits per heavy atom. The van der Waals surface area contributed by atoms with Gasteiger partial charge in [-0.2, -0.15) is 0 Å². The molecule has 0 amide bonds. The van der Waals surface area contributed by atoms with Crippen LogP contribution in [0, 0.1) is 6.92 Å². The number of rotatable bonds is 4. The number of thiophene rings is 1. The number of carbonyl (C=O) groups excluding carboxylic acids is 2. The quantitative estimate of drug-likeness (QED) is 0.706. The number of methoxy groups -OCH3 is 1. The fourth-order valence-electron chi connectivity index (χ4n) is 4.32. The molecule has 0 radical (unpaired) electrons. The molecule has 7 nitrogen and oxygen atoms in total. The van der Waals surface area contributed by atoms with Gasteiger partial charge in [-0.15, -0.1) is 11.3 Å². The molecule has 156 valence electrons. The van der Waals surface area contributed by atoms with Gasteiger partial charge in [-0.1, -0.05) is 0 Å². The maximum Gasteiger partial charge on any atom is 0.340 e. The molecular formula is C21H27N2O5S+. The fourth-order valence-corrected chi connectivity index (χ4v) is 5.49. The predicted octanol–water partition coefficient (Wildman–Crippen LogP) is 0.936. The van der Waals surface area contributed by atoms with Crippen LogP contribution in [0.1, 0.15) is 40.5 Å². The van der Waals surface area contributed by atoms with E-state index in [0.717, 1.165) is 44.1 Å². The van der Waals surface area contributed by atoms with E-state index in [2.05, 4.69) is 13.0 Å². The SMILES string of the molecule is COC(=O)C1=C(N)OC2=C(C(=O)CCC2)[C@@H]1c1cc(C[NH+]2CCOCC2)c(C)s1. The Morgan fingerprint density at radius 2 is 2.10 bits per heavy atom. The monoisotopic (exact) mass is 419 g/mol. The molecule has 1 aromatic rings. The molecule has 29 heavy (non-hydrogen) atoms. The number of hydrogen-bond donors (Lipinski definition) is 2. The van der Waals surface area contributed by atoms with Crippen molar-refractivity contribution < 1.29 is 28.7 Å². The van der Waals surface area contributed by atoms with Gasteiger partial charge in [0.2, 0.25) is 5.88 Å². The van der Waals surface area contributed by atoms with E-state index in [1.807, 2.05) is 0 Å². The minimum atomic E-state index is -0.552. The minimum Gasteiger partial charge on any atom is -0.465 e. The van der Waals surface area contributed by atoms with Crippen LogP contribution in [0.15, 0.2) is 28.9 Å². The van der Waals surface area contributed by atoms with Crippen LogP contribution in [0.5, 0.6) is 0 Å². The number of esters is 1. The van der Waals surface area contributed by atoms with Crippen LogP contribution in [0.25, 0.3) is 0 Å². The summed E-state index contributed by atoms with van der Waals surface area (Å²) < 4.78 is 16.1. The van der Waals surface area contributed by atoms with Crippen LogP contribution < -0.4 is 10.6 Å². The van der Waals surface area contributed by atoms with E-state index in [1.165, 1.54) is 22.5 Å². The van der Waals surface area contributed by atoms with E-state index in [0.29, 0.717) is 24.2 Å². The Kier molecular flexibility index (Phi) is 5.76. The molecule has 1 fully saturated rings. The van der Waals surface area contributed by atoms with Crippen molar-refractivity contribution in [2.45, 2.75) is 38.6 Å². The molecule has 1 aromatic heterocycles. The van der Waals surface area contributed by atoms with Gasteiger partial charge < -0.3 is 24.8 Å². The van der Waals surface area contributed by atoms with Crippen molar-refractivity contribution >= 4 is 23.1 Å². The zero-order chi connectivity index (χ0) is 20.5. The first-order valence-electron chi connectivity index (χ1n) is 10.0. The van der Waals surface area contributed by atoms with Crippen LogP contribution in [0.3, 0.4) is 0 Å². The number of nitrogens with one attached hydrogen (secondary N) is 1. The fraction of sp³-hybridized carbons (Fsp3) is 0.524. The lowest BCUT2D eigenvalue weighted by molar-refractivity contribution is -0.921. The summed E-state index contributed by atoms with van der Waals surface area (Å²) in [5.74, 6) is -0.402. The van der Waals surface area contributed by atoms with E-state index >= 15 is 0 Å². The summed E-state index contributed by atoms with van der Waals surface area (Å²) in [5.41, 5.74) is 8.16. The molecule has 2 aliphatic heterocycles. The van der Waals surface area contributed by atoms with Crippen molar-refractivity contribution in [1.29, 1.82) is 0 Å². The van der Waals surface area contributed by atoms with Crippen LogP contribution in [-0.2, 0) is 30.3 Å². The number of ether oxygens (including phenoxy) is 3. The molecule has 3 aliphatic rings. The summed E-state index contributed by atoms with van der Waals surface area (Å²) in [5, 5.41) is 0. The second kappa shape index (κ2) is 8.30. The summed E-state index contributed by atoms with van der Waals surface area (Å²) in [7, 11) is 1.32. The van der Waals surface area contributed by atoms with E-state index < -0.39 is 11.9 Å². The van der Waals surface area contributed by atoms with E-state index in [1.54, 1.807) is 11.3 Å². The third kappa shape index (κ3) is 3.84. The van der Waals surface area contributed by atoms with Gasteiger partial charge in [-0.05, 0) is 19.4 Å². The highest BCUT2D eigenvalue weighted by Crippen LogP contribution is 2.46. The summed E-state index contributed by atoms with van der Waals surface area (Å²) in [4.78, 5) is 29.0. The zero-order valence-corrected chi connectivity index (χ0v) is 17.7. The highest BCUT2D eigenvalue weighted by molar-refractivity contribution is 7.12. The topological polar surface area (TPSA) is 92.3 Å². The van der Waals surface area contributed by atoms with Crippen LogP contribution >= 0.6 is 11.3 Å². The van der Waals surface area contributed by atoms with Crippen molar-refractivity contribution in [2.75, 3.05) is 33.4 Å². The molecular weight excluding hydrogens is 392 g/mol. The Labute approximate surface area is 174 Å². The van der Waals surface area contributed by atoms with Crippen molar-refractivity contribution in [3.05, 3.63) is 44.2 Å². The maximum atomic E-state index is 12.8. The molecule has 1 atom stereocenters. The molecule has 0 saturated carbocycles. The van der Waals surface area contributed by atoms with Crippen LogP contribution in [0.4, 0.5) is 0 Å². The molecule has 3 N–H and O–H groups in total. The van der Waals surface area contributed by atoms with E-state index in [9.17, 15) is 9.59 Å². The number of morpholine rings is 1. The molecule has 3 heterocycles. The Hall–Kier alpha value is -2.16. The number of quaternary nitrogens is 1. The average Bonchev–Trinajstić information content (AvgIpc) is 3.07. The lowest BCUT2D eigenvalue weighted by atomic mass is 9.80. The number of nitrogens with two attached hydrogens (primary N) is 1. The molecule has 8 heteroatoms. The third-order valence-corrected chi connectivity index (χ3v) is 7.01. The lowest BCUT2D eigenvalue weighted by Gasteiger charge is -2.31. The van der Waals surface area contributed by atoms with E-state index in [4.69, 9.17) is 19.9 Å².